The van der Waals surface area contributed by atoms with Crippen LogP contribution in [0.4, 0.5) is 0 Å². The molecule has 0 aromatic carbocycles. The van der Waals surface area contributed by atoms with E-state index in [0.29, 0.717) is 11.7 Å². The topological polar surface area (TPSA) is 102 Å². The van der Waals surface area contributed by atoms with E-state index in [-0.39, 0.29) is 13.1 Å². The lowest BCUT2D eigenvalue weighted by molar-refractivity contribution is -0.122. The van der Waals surface area contributed by atoms with Crippen LogP contribution in [0.15, 0.2) is 18.3 Å². The zero-order chi connectivity index (χ0) is 12.8. The largest absolute Gasteiger partial charge is 0.369 e. The van der Waals surface area contributed by atoms with Crippen LogP contribution in [0.5, 0.6) is 0 Å². The van der Waals surface area contributed by atoms with Crippen molar-refractivity contribution in [3.8, 4) is 0 Å². The number of hydrogen-bond acceptors (Lipinski definition) is 4. The van der Waals surface area contributed by atoms with Gasteiger partial charge < -0.3 is 11.5 Å². The highest BCUT2D eigenvalue weighted by Gasteiger charge is 2.11. The molecule has 6 nitrogen and oxygen atoms in total. The molecule has 0 fully saturated rings. The first-order valence-electron chi connectivity index (χ1n) is 4.87. The minimum atomic E-state index is -0.520. The molecule has 7 heteroatoms. The van der Waals surface area contributed by atoms with Crippen LogP contribution in [-0.4, -0.2) is 34.8 Å². The summed E-state index contributed by atoms with van der Waals surface area (Å²) in [5, 5.41) is 0.380. The molecule has 0 aliphatic heterocycles. The Kier molecular flexibility index (Phi) is 4.86. The standard InChI is InChI=1S/C10H13ClN4O2/c11-8-2-1-7(3-14-8)4-15(5-9(12)16)6-10(13)17/h1-3H,4-6H2,(H2,12,16)(H2,13,17). The van der Waals surface area contributed by atoms with E-state index in [1.165, 1.54) is 4.90 Å². The van der Waals surface area contributed by atoms with Crippen molar-refractivity contribution in [3.63, 3.8) is 0 Å². The summed E-state index contributed by atoms with van der Waals surface area (Å²) in [6.45, 7) is 0.285. The molecular weight excluding hydrogens is 244 g/mol. The molecule has 0 saturated carbocycles. The van der Waals surface area contributed by atoms with Gasteiger partial charge in [0.05, 0.1) is 13.1 Å². The van der Waals surface area contributed by atoms with Gasteiger partial charge in [0, 0.05) is 12.7 Å². The summed E-state index contributed by atoms with van der Waals surface area (Å²) in [5.41, 5.74) is 11.0. The number of hydrogen-bond donors (Lipinski definition) is 2. The minimum absolute atomic E-state index is 0.0361. The van der Waals surface area contributed by atoms with Crippen LogP contribution >= 0.6 is 11.6 Å². The Morgan fingerprint density at radius 3 is 2.24 bits per heavy atom. The second kappa shape index (κ2) is 6.17. The summed E-state index contributed by atoms with van der Waals surface area (Å²) >= 11 is 5.64. The molecule has 2 amide bonds. The number of halogens is 1. The van der Waals surface area contributed by atoms with Crippen LogP contribution in [-0.2, 0) is 16.1 Å². The predicted octanol–water partition coefficient (Wildman–Crippen LogP) is -0.492. The van der Waals surface area contributed by atoms with Gasteiger partial charge in [-0.3, -0.25) is 14.5 Å². The Morgan fingerprint density at radius 1 is 1.24 bits per heavy atom. The maximum absolute atomic E-state index is 10.8. The predicted molar refractivity (Wildman–Crippen MR) is 62.9 cm³/mol. The molecule has 0 unspecified atom stereocenters. The number of pyridine rings is 1. The zero-order valence-corrected chi connectivity index (χ0v) is 9.85. The third-order valence-corrected chi connectivity index (χ3v) is 2.18. The molecule has 0 saturated heterocycles. The summed E-state index contributed by atoms with van der Waals surface area (Å²) in [4.78, 5) is 27.1. The average Bonchev–Trinajstić information content (AvgIpc) is 2.19. The van der Waals surface area contributed by atoms with E-state index in [0.717, 1.165) is 5.56 Å². The average molecular weight is 257 g/mol. The number of aromatic nitrogens is 1. The molecule has 1 heterocycles. The van der Waals surface area contributed by atoms with Crippen molar-refractivity contribution in [3.05, 3.63) is 29.0 Å². The van der Waals surface area contributed by atoms with Crippen molar-refractivity contribution < 1.29 is 9.59 Å². The van der Waals surface area contributed by atoms with Gasteiger partial charge in [-0.05, 0) is 11.6 Å². The third-order valence-electron chi connectivity index (χ3n) is 1.95. The van der Waals surface area contributed by atoms with Crippen molar-refractivity contribution in [1.29, 1.82) is 0 Å². The molecule has 92 valence electrons. The minimum Gasteiger partial charge on any atom is -0.369 e. The maximum atomic E-state index is 10.8. The van der Waals surface area contributed by atoms with Gasteiger partial charge in [0.1, 0.15) is 5.15 Å². The smallest absolute Gasteiger partial charge is 0.231 e. The van der Waals surface area contributed by atoms with Crippen LogP contribution in [0.3, 0.4) is 0 Å². The molecule has 4 N–H and O–H groups in total. The Labute approximate surface area is 104 Å². The highest BCUT2D eigenvalue weighted by molar-refractivity contribution is 6.29. The van der Waals surface area contributed by atoms with E-state index in [1.54, 1.807) is 18.3 Å². The van der Waals surface area contributed by atoms with Crippen LogP contribution < -0.4 is 11.5 Å². The molecule has 0 spiro atoms. The van der Waals surface area contributed by atoms with Gasteiger partial charge in [-0.25, -0.2) is 4.98 Å². The van der Waals surface area contributed by atoms with E-state index in [1.807, 2.05) is 0 Å². The fraction of sp³-hybridized carbons (Fsp3) is 0.300. The number of carbonyl (C=O) groups excluding carboxylic acids is 2. The first kappa shape index (κ1) is 13.4. The molecule has 1 aromatic rings. The highest BCUT2D eigenvalue weighted by Crippen LogP contribution is 2.07. The van der Waals surface area contributed by atoms with E-state index < -0.39 is 11.8 Å². The fourth-order valence-corrected chi connectivity index (χ4v) is 1.48. The lowest BCUT2D eigenvalue weighted by atomic mass is 10.2. The van der Waals surface area contributed by atoms with Crippen molar-refractivity contribution in [2.75, 3.05) is 13.1 Å². The van der Waals surface area contributed by atoms with Gasteiger partial charge >= 0.3 is 0 Å². The first-order chi connectivity index (χ1) is 7.97. The van der Waals surface area contributed by atoms with E-state index in [9.17, 15) is 9.59 Å². The Hall–Kier alpha value is -1.66. The third kappa shape index (κ3) is 5.28. The monoisotopic (exact) mass is 256 g/mol. The quantitative estimate of drug-likeness (QED) is 0.670. The number of amides is 2. The number of rotatable bonds is 6. The molecule has 17 heavy (non-hydrogen) atoms. The molecular formula is C10H13ClN4O2. The lowest BCUT2D eigenvalue weighted by Gasteiger charge is -2.18. The Balaban J connectivity index is 2.67. The summed E-state index contributed by atoms with van der Waals surface area (Å²) in [5.74, 6) is -1.04. The Bertz CT molecular complexity index is 391. The van der Waals surface area contributed by atoms with Gasteiger partial charge in [0.25, 0.3) is 0 Å². The number of carbonyl (C=O) groups is 2. The van der Waals surface area contributed by atoms with Crippen LogP contribution in [0.2, 0.25) is 5.15 Å². The molecule has 0 bridgehead atoms. The number of nitrogens with zero attached hydrogens (tertiary/aromatic N) is 2. The van der Waals surface area contributed by atoms with Crippen molar-refractivity contribution in [2.24, 2.45) is 11.5 Å². The van der Waals surface area contributed by atoms with Crippen LogP contribution in [0.1, 0.15) is 5.56 Å². The highest BCUT2D eigenvalue weighted by atomic mass is 35.5. The van der Waals surface area contributed by atoms with Gasteiger partial charge in [-0.2, -0.15) is 0 Å². The molecule has 1 rings (SSSR count). The normalized spacial score (nSPS) is 10.5. The van der Waals surface area contributed by atoms with Gasteiger partial charge in [-0.1, -0.05) is 17.7 Å². The summed E-state index contributed by atoms with van der Waals surface area (Å²) < 4.78 is 0. The van der Waals surface area contributed by atoms with E-state index in [4.69, 9.17) is 23.1 Å². The van der Waals surface area contributed by atoms with E-state index in [2.05, 4.69) is 4.98 Å². The molecule has 0 radical (unpaired) electrons. The summed E-state index contributed by atoms with van der Waals surface area (Å²) in [7, 11) is 0. The number of nitrogens with two attached hydrogens (primary N) is 2. The second-order valence-corrected chi connectivity index (χ2v) is 3.95. The van der Waals surface area contributed by atoms with Gasteiger partial charge in [0.2, 0.25) is 11.8 Å². The summed E-state index contributed by atoms with van der Waals surface area (Å²) in [6.07, 6.45) is 1.57. The Morgan fingerprint density at radius 2 is 1.82 bits per heavy atom. The van der Waals surface area contributed by atoms with Gasteiger partial charge in [0.15, 0.2) is 0 Å². The zero-order valence-electron chi connectivity index (χ0n) is 9.10. The van der Waals surface area contributed by atoms with Crippen molar-refractivity contribution >= 4 is 23.4 Å². The van der Waals surface area contributed by atoms with Crippen molar-refractivity contribution in [2.45, 2.75) is 6.54 Å². The van der Waals surface area contributed by atoms with Crippen LogP contribution in [0.25, 0.3) is 0 Å². The first-order valence-corrected chi connectivity index (χ1v) is 5.24. The summed E-state index contributed by atoms with van der Waals surface area (Å²) in [6, 6.07) is 3.38. The maximum Gasteiger partial charge on any atom is 0.231 e. The SMILES string of the molecule is NC(=O)CN(CC(N)=O)Cc1ccc(Cl)nc1. The van der Waals surface area contributed by atoms with Crippen molar-refractivity contribution in [1.82, 2.24) is 9.88 Å². The molecule has 0 aliphatic rings. The molecule has 1 aromatic heterocycles. The molecule has 0 atom stereocenters. The van der Waals surface area contributed by atoms with E-state index >= 15 is 0 Å². The second-order valence-electron chi connectivity index (χ2n) is 3.57. The number of primary amides is 2. The molecule has 0 aliphatic carbocycles. The lowest BCUT2D eigenvalue weighted by Crippen LogP contribution is -2.39. The van der Waals surface area contributed by atoms with Crippen LogP contribution in [0, 0.1) is 0 Å². The fourth-order valence-electron chi connectivity index (χ4n) is 1.37. The van der Waals surface area contributed by atoms with Gasteiger partial charge in [-0.15, -0.1) is 0 Å².